The van der Waals surface area contributed by atoms with E-state index in [1.54, 1.807) is 18.2 Å². The third-order valence-corrected chi connectivity index (χ3v) is 2.97. The largest absolute Gasteiger partial charge is 0.493 e. The maximum atomic E-state index is 12.1. The molecule has 8 nitrogen and oxygen atoms in total. The van der Waals surface area contributed by atoms with Gasteiger partial charge in [-0.3, -0.25) is 9.48 Å². The number of anilines is 1. The highest BCUT2D eigenvalue weighted by Crippen LogP contribution is 2.29. The molecular formula is C14H15N3O5. The Kier molecular flexibility index (Phi) is 4.31. The molecule has 0 spiro atoms. The van der Waals surface area contributed by atoms with E-state index in [1.165, 1.54) is 27.3 Å². The molecule has 8 heteroatoms. The molecule has 2 aromatic rings. The Morgan fingerprint density at radius 3 is 2.41 bits per heavy atom. The van der Waals surface area contributed by atoms with Crippen molar-refractivity contribution >= 4 is 17.6 Å². The van der Waals surface area contributed by atoms with Crippen LogP contribution in [0.5, 0.6) is 11.5 Å². The fourth-order valence-corrected chi connectivity index (χ4v) is 1.89. The van der Waals surface area contributed by atoms with E-state index in [4.69, 9.17) is 14.6 Å². The zero-order valence-electron chi connectivity index (χ0n) is 12.3. The van der Waals surface area contributed by atoms with Crippen molar-refractivity contribution in [3.05, 3.63) is 35.7 Å². The minimum atomic E-state index is -1.15. The first-order chi connectivity index (χ1) is 10.5. The number of nitrogens with zero attached hydrogens (tertiary/aromatic N) is 2. The third kappa shape index (κ3) is 3.00. The van der Waals surface area contributed by atoms with Crippen LogP contribution in [-0.4, -0.2) is 41.0 Å². The highest BCUT2D eigenvalue weighted by molar-refractivity contribution is 6.04. The van der Waals surface area contributed by atoms with Gasteiger partial charge in [-0.05, 0) is 12.1 Å². The number of amides is 1. The third-order valence-electron chi connectivity index (χ3n) is 2.97. The van der Waals surface area contributed by atoms with Gasteiger partial charge < -0.3 is 19.9 Å². The molecule has 22 heavy (non-hydrogen) atoms. The zero-order valence-corrected chi connectivity index (χ0v) is 12.3. The van der Waals surface area contributed by atoms with Crippen molar-refractivity contribution in [1.29, 1.82) is 0 Å². The van der Waals surface area contributed by atoms with Crippen molar-refractivity contribution in [3.8, 4) is 11.5 Å². The molecule has 1 aromatic carbocycles. The minimum absolute atomic E-state index is 0.00897. The summed E-state index contributed by atoms with van der Waals surface area (Å²) >= 11 is 0. The van der Waals surface area contributed by atoms with Gasteiger partial charge in [0.05, 0.1) is 14.2 Å². The average Bonchev–Trinajstić information content (AvgIpc) is 2.89. The number of nitrogens with one attached hydrogen (secondary N) is 1. The number of aryl methyl sites for hydroxylation is 1. The first-order valence-corrected chi connectivity index (χ1v) is 6.27. The van der Waals surface area contributed by atoms with Crippen molar-refractivity contribution in [2.45, 2.75) is 0 Å². The average molecular weight is 305 g/mol. The number of hydrogen-bond donors (Lipinski definition) is 2. The van der Waals surface area contributed by atoms with Crippen molar-refractivity contribution in [2.75, 3.05) is 19.5 Å². The SMILES string of the molecule is COc1ccc(NC(=O)c2cc(C(=O)O)n(C)n2)cc1OC. The number of carboxylic acids is 1. The van der Waals surface area contributed by atoms with Gasteiger partial charge in [0.25, 0.3) is 5.91 Å². The first kappa shape index (κ1) is 15.4. The number of ether oxygens (including phenoxy) is 2. The highest BCUT2D eigenvalue weighted by atomic mass is 16.5. The molecule has 1 heterocycles. The lowest BCUT2D eigenvalue weighted by atomic mass is 10.2. The molecule has 0 atom stereocenters. The van der Waals surface area contributed by atoms with Crippen LogP contribution >= 0.6 is 0 Å². The van der Waals surface area contributed by atoms with Crippen LogP contribution < -0.4 is 14.8 Å². The van der Waals surface area contributed by atoms with E-state index in [9.17, 15) is 9.59 Å². The molecule has 0 saturated carbocycles. The Morgan fingerprint density at radius 2 is 1.86 bits per heavy atom. The van der Waals surface area contributed by atoms with Crippen molar-refractivity contribution in [2.24, 2.45) is 7.05 Å². The molecule has 2 rings (SSSR count). The van der Waals surface area contributed by atoms with Gasteiger partial charge in [0.2, 0.25) is 0 Å². The van der Waals surface area contributed by atoms with Crippen molar-refractivity contribution in [1.82, 2.24) is 9.78 Å². The quantitative estimate of drug-likeness (QED) is 0.865. The minimum Gasteiger partial charge on any atom is -0.493 e. The van der Waals surface area contributed by atoms with E-state index < -0.39 is 11.9 Å². The molecule has 0 radical (unpaired) electrons. The van der Waals surface area contributed by atoms with Gasteiger partial charge in [-0.1, -0.05) is 0 Å². The summed E-state index contributed by atoms with van der Waals surface area (Å²) in [5.74, 6) is -0.672. The number of carboxylic acid groups (broad SMARTS) is 1. The molecule has 0 aliphatic rings. The Bertz CT molecular complexity index is 723. The molecule has 1 aromatic heterocycles. The second-order valence-corrected chi connectivity index (χ2v) is 4.37. The van der Waals surface area contributed by atoms with Crippen molar-refractivity contribution < 1.29 is 24.2 Å². The molecule has 1 amide bonds. The number of carbonyl (C=O) groups excluding carboxylic acids is 1. The van der Waals surface area contributed by atoms with Crippen LogP contribution in [0.2, 0.25) is 0 Å². The second-order valence-electron chi connectivity index (χ2n) is 4.37. The highest BCUT2D eigenvalue weighted by Gasteiger charge is 2.17. The summed E-state index contributed by atoms with van der Waals surface area (Å²) < 4.78 is 11.4. The summed E-state index contributed by atoms with van der Waals surface area (Å²) in [6, 6.07) is 6.09. The van der Waals surface area contributed by atoms with Gasteiger partial charge in [0.1, 0.15) is 5.69 Å². The summed E-state index contributed by atoms with van der Waals surface area (Å²) in [5, 5.41) is 15.4. The van der Waals surface area contributed by atoms with Crippen LogP contribution in [0, 0.1) is 0 Å². The molecule has 0 aliphatic carbocycles. The van der Waals surface area contributed by atoms with E-state index in [2.05, 4.69) is 10.4 Å². The standard InChI is InChI=1S/C14H15N3O5/c1-17-10(14(19)20)7-9(16-17)13(18)15-8-4-5-11(21-2)12(6-8)22-3/h4-7H,1-3H3,(H,15,18)(H,19,20). The number of benzene rings is 1. The van der Waals surface area contributed by atoms with Gasteiger partial charge >= 0.3 is 5.97 Å². The van der Waals surface area contributed by atoms with Crippen LogP contribution in [0.15, 0.2) is 24.3 Å². The van der Waals surface area contributed by atoms with Gasteiger partial charge in [0.15, 0.2) is 17.2 Å². The van der Waals surface area contributed by atoms with E-state index in [0.717, 1.165) is 4.68 Å². The van der Waals surface area contributed by atoms with E-state index in [-0.39, 0.29) is 11.4 Å². The summed E-state index contributed by atoms with van der Waals surface area (Å²) in [7, 11) is 4.45. The number of carbonyl (C=O) groups is 2. The molecule has 0 fully saturated rings. The molecule has 0 bridgehead atoms. The smallest absolute Gasteiger partial charge is 0.354 e. The second kappa shape index (κ2) is 6.17. The van der Waals surface area contributed by atoms with E-state index in [0.29, 0.717) is 17.2 Å². The molecule has 0 saturated heterocycles. The lowest BCUT2D eigenvalue weighted by molar-refractivity contribution is 0.0685. The van der Waals surface area contributed by atoms with Gasteiger partial charge in [0, 0.05) is 24.9 Å². The number of aromatic carboxylic acids is 1. The Balaban J connectivity index is 2.22. The van der Waals surface area contributed by atoms with Crippen LogP contribution in [0.3, 0.4) is 0 Å². The fraction of sp³-hybridized carbons (Fsp3) is 0.214. The summed E-state index contributed by atoms with van der Waals surface area (Å²) in [4.78, 5) is 23.1. The Labute approximate surface area is 126 Å². The molecule has 0 aliphatic heterocycles. The first-order valence-electron chi connectivity index (χ1n) is 6.27. The molecular weight excluding hydrogens is 290 g/mol. The van der Waals surface area contributed by atoms with E-state index in [1.807, 2.05) is 0 Å². The summed E-state index contributed by atoms with van der Waals surface area (Å²) in [5.41, 5.74) is 0.414. The van der Waals surface area contributed by atoms with Gasteiger partial charge in [-0.2, -0.15) is 5.10 Å². The number of rotatable bonds is 5. The number of hydrogen-bond acceptors (Lipinski definition) is 5. The Morgan fingerprint density at radius 1 is 1.18 bits per heavy atom. The van der Waals surface area contributed by atoms with Gasteiger partial charge in [-0.15, -0.1) is 0 Å². The predicted octanol–water partition coefficient (Wildman–Crippen LogP) is 1.39. The predicted molar refractivity (Wildman–Crippen MR) is 77.7 cm³/mol. The zero-order chi connectivity index (χ0) is 16.3. The molecule has 116 valence electrons. The summed E-state index contributed by atoms with van der Waals surface area (Å²) in [6.45, 7) is 0. The van der Waals surface area contributed by atoms with E-state index >= 15 is 0 Å². The lowest BCUT2D eigenvalue weighted by Crippen LogP contribution is -2.13. The van der Waals surface area contributed by atoms with Crippen molar-refractivity contribution in [3.63, 3.8) is 0 Å². The normalized spacial score (nSPS) is 10.1. The number of methoxy groups -OCH3 is 2. The molecule has 0 unspecified atom stereocenters. The topological polar surface area (TPSA) is 103 Å². The molecule has 2 N–H and O–H groups in total. The van der Waals surface area contributed by atoms with Crippen LogP contribution in [0.25, 0.3) is 0 Å². The lowest BCUT2D eigenvalue weighted by Gasteiger charge is -2.09. The maximum absolute atomic E-state index is 12.1. The summed E-state index contributed by atoms with van der Waals surface area (Å²) in [6.07, 6.45) is 0. The number of aromatic nitrogens is 2. The van der Waals surface area contributed by atoms with Crippen LogP contribution in [0.4, 0.5) is 5.69 Å². The monoisotopic (exact) mass is 305 g/mol. The maximum Gasteiger partial charge on any atom is 0.354 e. The van der Waals surface area contributed by atoms with Gasteiger partial charge in [-0.25, -0.2) is 4.79 Å². The van der Waals surface area contributed by atoms with Crippen LogP contribution in [0.1, 0.15) is 21.0 Å². The van der Waals surface area contributed by atoms with Crippen LogP contribution in [-0.2, 0) is 7.05 Å². The Hall–Kier alpha value is -3.03. The fourth-order valence-electron chi connectivity index (χ4n) is 1.89.